The zero-order valence-corrected chi connectivity index (χ0v) is 23.5. The first-order chi connectivity index (χ1) is 19.9. The standard InChI is InChI=1S/C33H35N5O3/c1-24-2-8-28(9-3-24)32(40)37-16-18-38(19-17-37)33(41)29-10-11-30(35-22-29)31(39)20-25-12-14-36(15-13-25)23-27-6-4-26(21-34)5-7-27/h2-11,22,25H,12-20,23H2,1H3. The van der Waals surface area contributed by atoms with Crippen molar-refractivity contribution >= 4 is 17.6 Å². The number of pyridine rings is 1. The van der Waals surface area contributed by atoms with E-state index in [4.69, 9.17) is 5.26 Å². The largest absolute Gasteiger partial charge is 0.335 e. The number of hydrogen-bond donors (Lipinski definition) is 0. The number of nitrogens with zero attached hydrogens (tertiary/aromatic N) is 5. The summed E-state index contributed by atoms with van der Waals surface area (Å²) in [6, 6.07) is 20.7. The van der Waals surface area contributed by atoms with Gasteiger partial charge in [-0.05, 0) is 80.7 Å². The summed E-state index contributed by atoms with van der Waals surface area (Å²) in [6.45, 7) is 6.58. The average molecular weight is 550 g/mol. The van der Waals surface area contributed by atoms with Crippen LogP contribution < -0.4 is 0 Å². The van der Waals surface area contributed by atoms with Crippen molar-refractivity contribution in [2.75, 3.05) is 39.3 Å². The van der Waals surface area contributed by atoms with Crippen LogP contribution in [0.15, 0.2) is 66.9 Å². The number of aryl methyl sites for hydroxylation is 1. The summed E-state index contributed by atoms with van der Waals surface area (Å²) in [4.78, 5) is 49.0. The fraction of sp³-hybridized carbons (Fsp3) is 0.364. The number of rotatable bonds is 7. The summed E-state index contributed by atoms with van der Waals surface area (Å²) in [5.74, 6) is 0.187. The minimum atomic E-state index is -0.131. The Labute approximate surface area is 241 Å². The number of carbonyl (C=O) groups excluding carboxylic acids is 3. The molecule has 0 radical (unpaired) electrons. The highest BCUT2D eigenvalue weighted by molar-refractivity contribution is 5.97. The fourth-order valence-corrected chi connectivity index (χ4v) is 5.52. The van der Waals surface area contributed by atoms with Gasteiger partial charge in [-0.1, -0.05) is 29.8 Å². The summed E-state index contributed by atoms with van der Waals surface area (Å²) in [7, 11) is 0. The van der Waals surface area contributed by atoms with Gasteiger partial charge in [0, 0.05) is 50.9 Å². The lowest BCUT2D eigenvalue weighted by Crippen LogP contribution is -2.50. The first kappa shape index (κ1) is 28.2. The molecule has 0 N–H and O–H groups in total. The molecule has 3 heterocycles. The summed E-state index contributed by atoms with van der Waals surface area (Å²) < 4.78 is 0. The Bertz CT molecular complexity index is 1410. The highest BCUT2D eigenvalue weighted by atomic mass is 16.2. The molecule has 210 valence electrons. The predicted molar refractivity (Wildman–Crippen MR) is 155 cm³/mol. The van der Waals surface area contributed by atoms with Crippen molar-refractivity contribution < 1.29 is 14.4 Å². The van der Waals surface area contributed by atoms with E-state index in [1.807, 2.05) is 55.5 Å². The van der Waals surface area contributed by atoms with Crippen molar-refractivity contribution in [2.45, 2.75) is 32.7 Å². The Morgan fingerprint density at radius 3 is 1.95 bits per heavy atom. The molecular formula is C33H35N5O3. The van der Waals surface area contributed by atoms with E-state index in [1.165, 1.54) is 11.8 Å². The maximum atomic E-state index is 13.1. The van der Waals surface area contributed by atoms with Crippen molar-refractivity contribution in [3.05, 3.63) is 100 Å². The van der Waals surface area contributed by atoms with Gasteiger partial charge in [0.15, 0.2) is 5.78 Å². The molecule has 0 unspecified atom stereocenters. The zero-order chi connectivity index (χ0) is 28.8. The molecule has 2 aliphatic rings. The topological polar surface area (TPSA) is 97.6 Å². The van der Waals surface area contributed by atoms with E-state index in [1.54, 1.807) is 21.9 Å². The predicted octanol–water partition coefficient (Wildman–Crippen LogP) is 4.34. The number of hydrogen-bond acceptors (Lipinski definition) is 6. The van der Waals surface area contributed by atoms with Gasteiger partial charge in [-0.3, -0.25) is 24.3 Å². The molecule has 41 heavy (non-hydrogen) atoms. The van der Waals surface area contributed by atoms with Crippen LogP contribution in [0.5, 0.6) is 0 Å². The molecule has 0 spiro atoms. The van der Waals surface area contributed by atoms with Gasteiger partial charge in [0.05, 0.1) is 17.2 Å². The molecule has 0 saturated carbocycles. The summed E-state index contributed by atoms with van der Waals surface area (Å²) in [6.07, 6.45) is 3.87. The Morgan fingerprint density at radius 1 is 0.805 bits per heavy atom. The first-order valence-corrected chi connectivity index (χ1v) is 14.3. The first-order valence-electron chi connectivity index (χ1n) is 14.3. The Balaban J connectivity index is 1.07. The molecule has 8 heteroatoms. The van der Waals surface area contributed by atoms with Crippen LogP contribution in [-0.4, -0.2) is 76.5 Å². The molecule has 3 aromatic rings. The molecule has 5 rings (SSSR count). The Hall–Kier alpha value is -4.35. The van der Waals surface area contributed by atoms with Gasteiger partial charge in [0.25, 0.3) is 11.8 Å². The highest BCUT2D eigenvalue weighted by Crippen LogP contribution is 2.24. The summed E-state index contributed by atoms with van der Waals surface area (Å²) in [5, 5.41) is 8.96. The molecule has 2 saturated heterocycles. The highest BCUT2D eigenvalue weighted by Gasteiger charge is 2.26. The third-order valence-electron chi connectivity index (χ3n) is 8.12. The van der Waals surface area contributed by atoms with Gasteiger partial charge >= 0.3 is 0 Å². The van der Waals surface area contributed by atoms with Crippen molar-refractivity contribution in [1.82, 2.24) is 19.7 Å². The van der Waals surface area contributed by atoms with Crippen molar-refractivity contribution in [1.29, 1.82) is 5.26 Å². The number of amides is 2. The van der Waals surface area contributed by atoms with Crippen LogP contribution in [0.25, 0.3) is 0 Å². The van der Waals surface area contributed by atoms with Crippen LogP contribution in [0.4, 0.5) is 0 Å². The van der Waals surface area contributed by atoms with E-state index in [0.717, 1.165) is 38.0 Å². The average Bonchev–Trinajstić information content (AvgIpc) is 3.02. The number of nitriles is 1. The number of Topliss-reactive ketones (excluding diaryl/α,β-unsaturated/α-hetero) is 1. The lowest BCUT2D eigenvalue weighted by molar-refractivity contribution is 0.0535. The summed E-state index contributed by atoms with van der Waals surface area (Å²) in [5.41, 5.74) is 4.48. The van der Waals surface area contributed by atoms with Crippen molar-refractivity contribution in [3.8, 4) is 6.07 Å². The quantitative estimate of drug-likeness (QED) is 0.407. The molecule has 1 aromatic heterocycles. The minimum Gasteiger partial charge on any atom is -0.335 e. The van der Waals surface area contributed by atoms with E-state index >= 15 is 0 Å². The molecule has 2 aliphatic heterocycles. The normalized spacial score (nSPS) is 16.3. The van der Waals surface area contributed by atoms with Crippen molar-refractivity contribution in [2.24, 2.45) is 5.92 Å². The number of piperidine rings is 1. The second kappa shape index (κ2) is 12.9. The Morgan fingerprint density at radius 2 is 1.39 bits per heavy atom. The number of ketones is 1. The smallest absolute Gasteiger partial charge is 0.255 e. The van der Waals surface area contributed by atoms with Gasteiger partial charge in [-0.2, -0.15) is 5.26 Å². The second-order valence-electron chi connectivity index (χ2n) is 11.0. The van der Waals surface area contributed by atoms with Gasteiger partial charge < -0.3 is 9.80 Å². The SMILES string of the molecule is Cc1ccc(C(=O)N2CCN(C(=O)c3ccc(C(=O)CC4CCN(Cc5ccc(C#N)cc5)CC4)nc3)CC2)cc1. The van der Waals surface area contributed by atoms with Gasteiger partial charge in [0.2, 0.25) is 0 Å². The number of carbonyl (C=O) groups is 3. The molecular weight excluding hydrogens is 514 g/mol. The van der Waals surface area contributed by atoms with E-state index < -0.39 is 0 Å². The van der Waals surface area contributed by atoms with Gasteiger partial charge in [0.1, 0.15) is 5.69 Å². The molecule has 2 amide bonds. The van der Waals surface area contributed by atoms with E-state index in [0.29, 0.717) is 60.9 Å². The van der Waals surface area contributed by atoms with Crippen LogP contribution in [0.2, 0.25) is 0 Å². The zero-order valence-electron chi connectivity index (χ0n) is 23.5. The molecule has 0 bridgehead atoms. The molecule has 0 atom stereocenters. The monoisotopic (exact) mass is 549 g/mol. The van der Waals surface area contributed by atoms with Crippen LogP contribution in [0.1, 0.15) is 67.2 Å². The number of piperazine rings is 1. The van der Waals surface area contributed by atoms with Crippen LogP contribution >= 0.6 is 0 Å². The fourth-order valence-electron chi connectivity index (χ4n) is 5.52. The lowest BCUT2D eigenvalue weighted by Gasteiger charge is -2.34. The lowest BCUT2D eigenvalue weighted by atomic mass is 9.90. The molecule has 8 nitrogen and oxygen atoms in total. The van der Waals surface area contributed by atoms with Crippen LogP contribution in [0.3, 0.4) is 0 Å². The maximum absolute atomic E-state index is 13.1. The third kappa shape index (κ3) is 7.05. The van der Waals surface area contributed by atoms with E-state index in [-0.39, 0.29) is 17.6 Å². The summed E-state index contributed by atoms with van der Waals surface area (Å²) >= 11 is 0. The molecule has 0 aliphatic carbocycles. The Kier molecular flexibility index (Phi) is 8.85. The van der Waals surface area contributed by atoms with E-state index in [9.17, 15) is 14.4 Å². The van der Waals surface area contributed by atoms with E-state index in [2.05, 4.69) is 16.0 Å². The minimum absolute atomic E-state index is 0.0118. The number of aromatic nitrogens is 1. The maximum Gasteiger partial charge on any atom is 0.255 e. The third-order valence-corrected chi connectivity index (χ3v) is 8.12. The van der Waals surface area contributed by atoms with Crippen molar-refractivity contribution in [3.63, 3.8) is 0 Å². The second-order valence-corrected chi connectivity index (χ2v) is 11.0. The molecule has 2 aromatic carbocycles. The number of benzene rings is 2. The number of likely N-dealkylation sites (tertiary alicyclic amines) is 1. The molecule has 2 fully saturated rings. The van der Waals surface area contributed by atoms with Crippen LogP contribution in [-0.2, 0) is 6.54 Å². The van der Waals surface area contributed by atoms with Gasteiger partial charge in [-0.15, -0.1) is 0 Å². The van der Waals surface area contributed by atoms with Crippen LogP contribution in [0, 0.1) is 24.2 Å². The van der Waals surface area contributed by atoms with Gasteiger partial charge in [-0.25, -0.2) is 0 Å².